The lowest BCUT2D eigenvalue weighted by Gasteiger charge is -2.47. The van der Waals surface area contributed by atoms with Crippen molar-refractivity contribution in [1.82, 2.24) is 9.80 Å². The molecule has 0 bridgehead atoms. The highest BCUT2D eigenvalue weighted by Crippen LogP contribution is 2.34. The quantitative estimate of drug-likeness (QED) is 0.635. The van der Waals surface area contributed by atoms with E-state index in [0.717, 1.165) is 36.3 Å². The van der Waals surface area contributed by atoms with Crippen LogP contribution in [0.25, 0.3) is 0 Å². The smallest absolute Gasteiger partial charge is 0.416 e. The lowest BCUT2D eigenvalue weighted by molar-refractivity contribution is -0.138. The Bertz CT molecular complexity index is 1100. The average Bonchev–Trinajstić information content (AvgIpc) is 3.33. The third kappa shape index (κ3) is 4.94. The first-order valence-corrected chi connectivity index (χ1v) is 11.9. The molecule has 2 amide bonds. The number of halogens is 3. The second-order valence-corrected chi connectivity index (χ2v) is 9.36. The molecule has 0 radical (unpaired) electrons. The third-order valence-corrected chi connectivity index (χ3v) is 7.20. The molecule has 0 aromatic heterocycles. The van der Waals surface area contributed by atoms with Gasteiger partial charge in [0, 0.05) is 37.7 Å². The number of benzene rings is 2. The van der Waals surface area contributed by atoms with Gasteiger partial charge in [-0.15, -0.1) is 0 Å². The number of rotatable bonds is 4. The van der Waals surface area contributed by atoms with Crippen LogP contribution in [0.2, 0.25) is 0 Å². The zero-order valence-electron chi connectivity index (χ0n) is 19.2. The standard InChI is InChI=1S/C26H27F3N2O4/c27-26(28,29)20-7-5-18(6-8-20)25(33)30-13-11-21-19(15-30)2-1-12-31(21)24(32)10-4-17-3-9-22-23(14-17)35-16-34-22/h3,5-9,14,19,21H,1-2,4,10-13,15-16H2/t19-,21+/m0/s1. The summed E-state index contributed by atoms with van der Waals surface area (Å²) < 4.78 is 49.2. The zero-order valence-corrected chi connectivity index (χ0v) is 19.2. The molecule has 35 heavy (non-hydrogen) atoms. The van der Waals surface area contributed by atoms with Gasteiger partial charge in [-0.3, -0.25) is 9.59 Å². The van der Waals surface area contributed by atoms with E-state index >= 15 is 0 Å². The first kappa shape index (κ1) is 23.5. The van der Waals surface area contributed by atoms with Gasteiger partial charge in [0.2, 0.25) is 12.7 Å². The molecule has 2 saturated heterocycles. The molecule has 2 aromatic carbocycles. The monoisotopic (exact) mass is 488 g/mol. The number of fused-ring (bicyclic) bond motifs is 2. The molecule has 2 fully saturated rings. The highest BCUT2D eigenvalue weighted by atomic mass is 19.4. The number of hydrogen-bond acceptors (Lipinski definition) is 4. The number of alkyl halides is 3. The molecule has 0 saturated carbocycles. The Hall–Kier alpha value is -3.23. The van der Waals surface area contributed by atoms with Crippen molar-refractivity contribution >= 4 is 11.8 Å². The molecule has 3 aliphatic heterocycles. The number of ether oxygens (including phenoxy) is 2. The van der Waals surface area contributed by atoms with Gasteiger partial charge in [0.25, 0.3) is 5.91 Å². The van der Waals surface area contributed by atoms with Gasteiger partial charge in [-0.05, 0) is 73.6 Å². The van der Waals surface area contributed by atoms with Crippen LogP contribution in [0.15, 0.2) is 42.5 Å². The van der Waals surface area contributed by atoms with E-state index in [1.165, 1.54) is 12.1 Å². The zero-order chi connectivity index (χ0) is 24.6. The number of hydrogen-bond donors (Lipinski definition) is 0. The van der Waals surface area contributed by atoms with Crippen LogP contribution in [-0.2, 0) is 17.4 Å². The molecule has 6 nitrogen and oxygen atoms in total. The molecule has 3 aliphatic rings. The molecule has 9 heteroatoms. The Labute approximate surface area is 201 Å². The van der Waals surface area contributed by atoms with Crippen LogP contribution in [0.3, 0.4) is 0 Å². The van der Waals surface area contributed by atoms with Crippen LogP contribution in [0.4, 0.5) is 13.2 Å². The van der Waals surface area contributed by atoms with Crippen molar-refractivity contribution in [3.8, 4) is 11.5 Å². The van der Waals surface area contributed by atoms with Crippen molar-refractivity contribution in [3.05, 3.63) is 59.2 Å². The van der Waals surface area contributed by atoms with E-state index in [9.17, 15) is 22.8 Å². The largest absolute Gasteiger partial charge is 0.454 e. The maximum absolute atomic E-state index is 13.1. The number of amides is 2. The Kier molecular flexibility index (Phi) is 6.34. The highest BCUT2D eigenvalue weighted by Gasteiger charge is 2.39. The van der Waals surface area contributed by atoms with E-state index in [4.69, 9.17) is 9.47 Å². The SMILES string of the molecule is O=C(c1ccc(C(F)(F)F)cc1)N1CC[C@@H]2[C@@H](CCCN2C(=O)CCc2ccc3c(c2)OCO3)C1. The summed E-state index contributed by atoms with van der Waals surface area (Å²) in [5, 5.41) is 0. The van der Waals surface area contributed by atoms with E-state index in [2.05, 4.69) is 0 Å². The van der Waals surface area contributed by atoms with Crippen LogP contribution in [0.1, 0.15) is 47.2 Å². The van der Waals surface area contributed by atoms with Gasteiger partial charge in [0.15, 0.2) is 11.5 Å². The van der Waals surface area contributed by atoms with Gasteiger partial charge in [-0.1, -0.05) is 6.07 Å². The molecule has 0 N–H and O–H groups in total. The molecule has 2 atom stereocenters. The van der Waals surface area contributed by atoms with Crippen molar-refractivity contribution in [1.29, 1.82) is 0 Å². The molecule has 0 spiro atoms. The minimum atomic E-state index is -4.43. The lowest BCUT2D eigenvalue weighted by Crippen LogP contribution is -2.56. The summed E-state index contributed by atoms with van der Waals surface area (Å²) in [5.41, 5.74) is 0.506. The van der Waals surface area contributed by atoms with E-state index < -0.39 is 11.7 Å². The second kappa shape index (κ2) is 9.43. The van der Waals surface area contributed by atoms with E-state index in [1.54, 1.807) is 4.90 Å². The van der Waals surface area contributed by atoms with Gasteiger partial charge in [0.1, 0.15) is 0 Å². The van der Waals surface area contributed by atoms with E-state index in [1.807, 2.05) is 23.1 Å². The van der Waals surface area contributed by atoms with E-state index in [0.29, 0.717) is 44.6 Å². The highest BCUT2D eigenvalue weighted by molar-refractivity contribution is 5.94. The predicted octanol–water partition coefficient (Wildman–Crippen LogP) is 4.52. The summed E-state index contributed by atoms with van der Waals surface area (Å²) in [4.78, 5) is 29.7. The van der Waals surface area contributed by atoms with Crippen molar-refractivity contribution in [2.24, 2.45) is 5.92 Å². The molecule has 3 heterocycles. The van der Waals surface area contributed by atoms with Crippen molar-refractivity contribution in [2.75, 3.05) is 26.4 Å². The number of carbonyl (C=O) groups is 2. The maximum Gasteiger partial charge on any atom is 0.416 e. The van der Waals surface area contributed by atoms with Crippen molar-refractivity contribution in [2.45, 2.75) is 44.3 Å². The fourth-order valence-corrected chi connectivity index (χ4v) is 5.37. The van der Waals surface area contributed by atoms with Gasteiger partial charge >= 0.3 is 6.18 Å². The molecule has 5 rings (SSSR count). The number of carbonyl (C=O) groups excluding carboxylic acids is 2. The molecule has 2 aromatic rings. The molecular formula is C26H27F3N2O4. The molecular weight excluding hydrogens is 461 g/mol. The van der Waals surface area contributed by atoms with Crippen molar-refractivity contribution < 1.29 is 32.2 Å². The number of likely N-dealkylation sites (tertiary alicyclic amines) is 2. The number of nitrogens with zero attached hydrogens (tertiary/aromatic N) is 2. The Balaban J connectivity index is 1.18. The summed E-state index contributed by atoms with van der Waals surface area (Å²) in [5.74, 6) is 1.45. The van der Waals surface area contributed by atoms with Gasteiger partial charge < -0.3 is 19.3 Å². The lowest BCUT2D eigenvalue weighted by atomic mass is 9.83. The van der Waals surface area contributed by atoms with Crippen molar-refractivity contribution in [3.63, 3.8) is 0 Å². The summed E-state index contributed by atoms with van der Waals surface area (Å²) in [6, 6.07) is 10.2. The fourth-order valence-electron chi connectivity index (χ4n) is 5.37. The summed E-state index contributed by atoms with van der Waals surface area (Å²) in [6.07, 6.45) is -0.945. The minimum Gasteiger partial charge on any atom is -0.454 e. The first-order chi connectivity index (χ1) is 16.8. The Morgan fingerprint density at radius 1 is 0.971 bits per heavy atom. The van der Waals surface area contributed by atoms with Gasteiger partial charge in [0.05, 0.1) is 5.56 Å². The van der Waals surface area contributed by atoms with E-state index in [-0.39, 0.29) is 36.1 Å². The van der Waals surface area contributed by atoms with Crippen LogP contribution in [0.5, 0.6) is 11.5 Å². The minimum absolute atomic E-state index is 0.0876. The van der Waals surface area contributed by atoms with Crippen LogP contribution in [0, 0.1) is 5.92 Å². The summed E-state index contributed by atoms with van der Waals surface area (Å²) in [7, 11) is 0. The first-order valence-electron chi connectivity index (χ1n) is 11.9. The molecule has 0 aliphatic carbocycles. The van der Waals surface area contributed by atoms with Crippen LogP contribution < -0.4 is 9.47 Å². The fraction of sp³-hybridized carbons (Fsp3) is 0.462. The van der Waals surface area contributed by atoms with Gasteiger partial charge in [-0.25, -0.2) is 0 Å². The Morgan fingerprint density at radius 2 is 1.74 bits per heavy atom. The van der Waals surface area contributed by atoms with Crippen LogP contribution >= 0.6 is 0 Å². The molecule has 0 unspecified atom stereocenters. The number of aryl methyl sites for hydroxylation is 1. The average molecular weight is 489 g/mol. The molecule has 186 valence electrons. The summed E-state index contributed by atoms with van der Waals surface area (Å²) in [6.45, 7) is 1.92. The maximum atomic E-state index is 13.1. The third-order valence-electron chi connectivity index (χ3n) is 7.20. The second-order valence-electron chi connectivity index (χ2n) is 9.36. The predicted molar refractivity (Wildman–Crippen MR) is 121 cm³/mol. The number of piperidine rings is 2. The van der Waals surface area contributed by atoms with Crippen LogP contribution in [-0.4, -0.2) is 54.1 Å². The van der Waals surface area contributed by atoms with Gasteiger partial charge in [-0.2, -0.15) is 13.2 Å². The Morgan fingerprint density at radius 3 is 2.51 bits per heavy atom. The topological polar surface area (TPSA) is 59.1 Å². The normalized spacial score (nSPS) is 21.6. The summed E-state index contributed by atoms with van der Waals surface area (Å²) >= 11 is 0.